The third-order valence-corrected chi connectivity index (χ3v) is 4.32. The molecule has 3 N–H and O–H groups in total. The van der Waals surface area contributed by atoms with Gasteiger partial charge >= 0.3 is 6.03 Å². The number of carbonyl (C=O) groups is 1. The maximum Gasteiger partial charge on any atom is 0.319 e. The number of rotatable bonds is 4. The number of anilines is 1. The van der Waals surface area contributed by atoms with Gasteiger partial charge in [0.1, 0.15) is 5.82 Å². The lowest BCUT2D eigenvalue weighted by molar-refractivity contribution is 0.249. The summed E-state index contributed by atoms with van der Waals surface area (Å²) in [6.45, 7) is 1.90. The van der Waals surface area contributed by atoms with E-state index in [1.807, 2.05) is 61.7 Å². The van der Waals surface area contributed by atoms with Gasteiger partial charge in [0.25, 0.3) is 0 Å². The molecule has 0 spiro atoms. The third kappa shape index (κ3) is 3.48. The molecule has 6 heteroatoms. The van der Waals surface area contributed by atoms with E-state index in [2.05, 4.69) is 20.6 Å². The second-order valence-electron chi connectivity index (χ2n) is 5.16. The molecule has 1 aromatic heterocycles. The lowest BCUT2D eigenvalue weighted by atomic mass is 10.3. The van der Waals surface area contributed by atoms with Crippen molar-refractivity contribution < 1.29 is 4.79 Å². The minimum absolute atomic E-state index is 0.219. The standard InChI is InChI=1S/C17H18N4OS/c1-11(16-19-12-7-3-4-8-13(12)20-16)18-17(22)21-14-9-5-6-10-15(14)23-2/h3-11H,1-2H3,(H,19,20)(H2,18,21,22). The number of carbonyl (C=O) groups excluding carboxylic acids is 1. The fraction of sp³-hybridized carbons (Fsp3) is 0.176. The molecular formula is C17H18N4OS. The maximum atomic E-state index is 12.2. The summed E-state index contributed by atoms with van der Waals surface area (Å²) in [5.41, 5.74) is 2.66. The molecule has 0 aliphatic carbocycles. The van der Waals surface area contributed by atoms with Crippen LogP contribution >= 0.6 is 11.8 Å². The van der Waals surface area contributed by atoms with Crippen LogP contribution in [0.25, 0.3) is 11.0 Å². The first kappa shape index (κ1) is 15.4. The van der Waals surface area contributed by atoms with Crippen LogP contribution in [0.15, 0.2) is 53.4 Å². The number of imidazole rings is 1. The molecule has 0 radical (unpaired) electrons. The Morgan fingerprint density at radius 1 is 1.17 bits per heavy atom. The number of para-hydroxylation sites is 3. The second-order valence-corrected chi connectivity index (χ2v) is 6.01. The molecule has 118 valence electrons. The molecule has 5 nitrogen and oxygen atoms in total. The van der Waals surface area contributed by atoms with Crippen molar-refractivity contribution in [2.75, 3.05) is 11.6 Å². The summed E-state index contributed by atoms with van der Waals surface area (Å²) >= 11 is 1.59. The number of thioether (sulfide) groups is 1. The maximum absolute atomic E-state index is 12.2. The number of amides is 2. The Morgan fingerprint density at radius 2 is 1.91 bits per heavy atom. The van der Waals surface area contributed by atoms with E-state index in [4.69, 9.17) is 0 Å². The van der Waals surface area contributed by atoms with E-state index in [0.717, 1.165) is 27.4 Å². The number of nitrogens with one attached hydrogen (secondary N) is 3. The molecule has 0 fully saturated rings. The summed E-state index contributed by atoms with van der Waals surface area (Å²) in [5, 5.41) is 5.79. The SMILES string of the molecule is CSc1ccccc1NC(=O)NC(C)c1nc2ccccc2[nH]1. The highest BCUT2D eigenvalue weighted by Gasteiger charge is 2.14. The van der Waals surface area contributed by atoms with Crippen molar-refractivity contribution in [1.29, 1.82) is 0 Å². The highest BCUT2D eigenvalue weighted by molar-refractivity contribution is 7.98. The van der Waals surface area contributed by atoms with E-state index in [0.29, 0.717) is 0 Å². The first-order valence-electron chi connectivity index (χ1n) is 7.32. The zero-order chi connectivity index (χ0) is 16.2. The topological polar surface area (TPSA) is 69.8 Å². The zero-order valence-electron chi connectivity index (χ0n) is 13.0. The third-order valence-electron chi connectivity index (χ3n) is 3.52. The first-order valence-corrected chi connectivity index (χ1v) is 8.55. The summed E-state index contributed by atoms with van der Waals surface area (Å²) in [6, 6.07) is 15.0. The largest absolute Gasteiger partial charge is 0.340 e. The molecule has 2 aromatic carbocycles. The average Bonchev–Trinajstić information content (AvgIpc) is 2.99. The molecule has 1 unspecified atom stereocenters. The van der Waals surface area contributed by atoms with Gasteiger partial charge in [0.2, 0.25) is 0 Å². The van der Waals surface area contributed by atoms with Gasteiger partial charge in [0.05, 0.1) is 22.8 Å². The highest BCUT2D eigenvalue weighted by Crippen LogP contribution is 2.24. The second kappa shape index (κ2) is 6.75. The summed E-state index contributed by atoms with van der Waals surface area (Å²) in [4.78, 5) is 21.0. The molecule has 3 rings (SSSR count). The van der Waals surface area contributed by atoms with E-state index in [9.17, 15) is 4.79 Å². The van der Waals surface area contributed by atoms with E-state index < -0.39 is 0 Å². The normalized spacial score (nSPS) is 12.1. The van der Waals surface area contributed by atoms with Crippen LogP contribution in [-0.4, -0.2) is 22.3 Å². The van der Waals surface area contributed by atoms with Gasteiger partial charge in [-0.15, -0.1) is 11.8 Å². The molecule has 0 saturated carbocycles. The van der Waals surface area contributed by atoms with Crippen LogP contribution in [0.1, 0.15) is 18.8 Å². The zero-order valence-corrected chi connectivity index (χ0v) is 13.8. The highest BCUT2D eigenvalue weighted by atomic mass is 32.2. The van der Waals surface area contributed by atoms with Crippen molar-refractivity contribution in [3.63, 3.8) is 0 Å². The van der Waals surface area contributed by atoms with Gasteiger partial charge in [0, 0.05) is 4.90 Å². The fourth-order valence-corrected chi connectivity index (χ4v) is 2.90. The lowest BCUT2D eigenvalue weighted by Crippen LogP contribution is -2.31. The molecular weight excluding hydrogens is 308 g/mol. The Kier molecular flexibility index (Phi) is 4.52. The number of aromatic nitrogens is 2. The van der Waals surface area contributed by atoms with Crippen molar-refractivity contribution in [3.8, 4) is 0 Å². The Balaban J connectivity index is 1.69. The smallest absolute Gasteiger partial charge is 0.319 e. The Morgan fingerprint density at radius 3 is 2.70 bits per heavy atom. The summed E-state index contributed by atoms with van der Waals surface area (Å²) < 4.78 is 0. The first-order chi connectivity index (χ1) is 11.2. The van der Waals surface area contributed by atoms with Crippen LogP contribution in [-0.2, 0) is 0 Å². The number of nitrogens with zero attached hydrogens (tertiary/aromatic N) is 1. The van der Waals surface area contributed by atoms with Crippen LogP contribution in [0.5, 0.6) is 0 Å². The predicted octanol–water partition coefficient (Wildman–Crippen LogP) is 4.17. The molecule has 1 atom stereocenters. The van der Waals surface area contributed by atoms with E-state index >= 15 is 0 Å². The van der Waals surface area contributed by atoms with Gasteiger partial charge in [0.15, 0.2) is 0 Å². The van der Waals surface area contributed by atoms with Crippen LogP contribution in [0.3, 0.4) is 0 Å². The Labute approximate surface area is 138 Å². The molecule has 0 aliphatic rings. The number of hydrogen-bond acceptors (Lipinski definition) is 3. The van der Waals surface area contributed by atoms with E-state index in [-0.39, 0.29) is 12.1 Å². The number of H-pyrrole nitrogens is 1. The molecule has 0 bridgehead atoms. The number of aromatic amines is 1. The molecule has 3 aromatic rings. The molecule has 1 heterocycles. The number of fused-ring (bicyclic) bond motifs is 1. The summed E-state index contributed by atoms with van der Waals surface area (Å²) in [6.07, 6.45) is 1.98. The quantitative estimate of drug-likeness (QED) is 0.630. The number of benzene rings is 2. The van der Waals surface area contributed by atoms with Gasteiger partial charge in [-0.25, -0.2) is 9.78 Å². The van der Waals surface area contributed by atoms with Gasteiger partial charge in [-0.05, 0) is 37.4 Å². The van der Waals surface area contributed by atoms with Crippen molar-refractivity contribution >= 4 is 34.5 Å². The van der Waals surface area contributed by atoms with Gasteiger partial charge in [-0.3, -0.25) is 0 Å². The summed E-state index contributed by atoms with van der Waals surface area (Å²) in [7, 11) is 0. The van der Waals surface area contributed by atoms with Crippen LogP contribution in [0.4, 0.5) is 10.5 Å². The Bertz CT molecular complexity index is 797. The monoisotopic (exact) mass is 326 g/mol. The number of hydrogen-bond donors (Lipinski definition) is 3. The van der Waals surface area contributed by atoms with E-state index in [1.165, 1.54) is 0 Å². The van der Waals surface area contributed by atoms with Crippen molar-refractivity contribution in [1.82, 2.24) is 15.3 Å². The predicted molar refractivity (Wildman–Crippen MR) is 94.9 cm³/mol. The van der Waals surface area contributed by atoms with Crippen molar-refractivity contribution in [2.45, 2.75) is 17.9 Å². The Hall–Kier alpha value is -2.47. The lowest BCUT2D eigenvalue weighted by Gasteiger charge is -2.14. The average molecular weight is 326 g/mol. The minimum atomic E-state index is -0.251. The molecule has 23 heavy (non-hydrogen) atoms. The van der Waals surface area contributed by atoms with Crippen molar-refractivity contribution in [2.24, 2.45) is 0 Å². The van der Waals surface area contributed by atoms with Crippen LogP contribution in [0.2, 0.25) is 0 Å². The summed E-state index contributed by atoms with van der Waals surface area (Å²) in [5.74, 6) is 0.736. The van der Waals surface area contributed by atoms with Gasteiger partial charge in [-0.2, -0.15) is 0 Å². The minimum Gasteiger partial charge on any atom is -0.340 e. The van der Waals surface area contributed by atoms with Gasteiger partial charge in [-0.1, -0.05) is 24.3 Å². The molecule has 2 amide bonds. The fourth-order valence-electron chi connectivity index (χ4n) is 2.35. The molecule has 0 aliphatic heterocycles. The molecule has 0 saturated heterocycles. The van der Waals surface area contributed by atoms with Gasteiger partial charge < -0.3 is 15.6 Å². The number of urea groups is 1. The van der Waals surface area contributed by atoms with Crippen LogP contribution in [0, 0.1) is 0 Å². The van der Waals surface area contributed by atoms with Crippen LogP contribution < -0.4 is 10.6 Å². The van der Waals surface area contributed by atoms with Crippen molar-refractivity contribution in [3.05, 3.63) is 54.4 Å². The van der Waals surface area contributed by atoms with E-state index in [1.54, 1.807) is 11.8 Å².